The van der Waals surface area contributed by atoms with E-state index in [9.17, 15) is 14.4 Å². The number of carbonyl (C=O) groups excluding carboxylic acids is 3. The van der Waals surface area contributed by atoms with Gasteiger partial charge in [0.15, 0.2) is 11.6 Å². The Balaban J connectivity index is 1.80. The third-order valence-corrected chi connectivity index (χ3v) is 6.13. The number of rotatable bonds is 7. The summed E-state index contributed by atoms with van der Waals surface area (Å²) in [5, 5.41) is 0. The van der Waals surface area contributed by atoms with Crippen molar-refractivity contribution in [3.63, 3.8) is 0 Å². The largest absolute Gasteiger partial charge is 0.369 e. The highest BCUT2D eigenvalue weighted by molar-refractivity contribution is 6.02. The SMILES string of the molecule is NC(=O)CN1CC(C(=O)c2ccccc2)C(c2ccccc2)C(C(=O)c2ccccc2)C1. The van der Waals surface area contributed by atoms with E-state index in [0.717, 1.165) is 5.56 Å². The molecular formula is C27H26N2O3. The van der Waals surface area contributed by atoms with Crippen molar-refractivity contribution in [3.05, 3.63) is 108 Å². The van der Waals surface area contributed by atoms with Crippen molar-refractivity contribution in [1.29, 1.82) is 0 Å². The first-order chi connectivity index (χ1) is 15.5. The molecule has 1 heterocycles. The van der Waals surface area contributed by atoms with Crippen molar-refractivity contribution in [2.45, 2.75) is 5.92 Å². The van der Waals surface area contributed by atoms with Crippen LogP contribution in [0.1, 0.15) is 32.2 Å². The fourth-order valence-electron chi connectivity index (χ4n) is 4.75. The van der Waals surface area contributed by atoms with E-state index in [1.54, 1.807) is 24.3 Å². The summed E-state index contributed by atoms with van der Waals surface area (Å²) in [5.74, 6) is -1.80. The number of nitrogens with zero attached hydrogens (tertiary/aromatic N) is 1. The second kappa shape index (κ2) is 9.71. The number of piperidine rings is 1. The number of hydrogen-bond acceptors (Lipinski definition) is 4. The summed E-state index contributed by atoms with van der Waals surface area (Å²) in [4.78, 5) is 40.9. The number of benzene rings is 3. The maximum absolute atomic E-state index is 13.7. The van der Waals surface area contributed by atoms with E-state index in [4.69, 9.17) is 5.73 Å². The average Bonchev–Trinajstić information content (AvgIpc) is 2.84. The van der Waals surface area contributed by atoms with Crippen molar-refractivity contribution in [1.82, 2.24) is 4.90 Å². The fraction of sp³-hybridized carbons (Fsp3) is 0.222. The molecule has 1 aliphatic rings. The molecule has 5 nitrogen and oxygen atoms in total. The molecule has 5 heteroatoms. The van der Waals surface area contributed by atoms with E-state index in [2.05, 4.69) is 0 Å². The lowest BCUT2D eigenvalue weighted by molar-refractivity contribution is -0.119. The van der Waals surface area contributed by atoms with E-state index in [0.29, 0.717) is 24.2 Å². The Morgan fingerprint density at radius 1 is 0.688 bits per heavy atom. The molecule has 1 amide bonds. The predicted molar refractivity (Wildman–Crippen MR) is 123 cm³/mol. The number of amides is 1. The van der Waals surface area contributed by atoms with Crippen LogP contribution in [0.25, 0.3) is 0 Å². The molecule has 32 heavy (non-hydrogen) atoms. The first-order valence-electron chi connectivity index (χ1n) is 10.8. The lowest BCUT2D eigenvalue weighted by atomic mass is 9.68. The molecule has 1 saturated heterocycles. The Morgan fingerprint density at radius 3 is 1.50 bits per heavy atom. The zero-order chi connectivity index (χ0) is 22.5. The fourth-order valence-corrected chi connectivity index (χ4v) is 4.75. The first-order valence-corrected chi connectivity index (χ1v) is 10.8. The van der Waals surface area contributed by atoms with Crippen LogP contribution in [-0.2, 0) is 4.79 Å². The quantitative estimate of drug-likeness (QED) is 0.586. The van der Waals surface area contributed by atoms with Crippen LogP contribution in [0.5, 0.6) is 0 Å². The average molecular weight is 427 g/mol. The predicted octanol–water partition coefficient (Wildman–Crippen LogP) is 3.57. The van der Waals surface area contributed by atoms with Crippen LogP contribution in [0.15, 0.2) is 91.0 Å². The van der Waals surface area contributed by atoms with Crippen LogP contribution in [0.4, 0.5) is 0 Å². The lowest BCUT2D eigenvalue weighted by Crippen LogP contribution is -2.52. The number of hydrogen-bond donors (Lipinski definition) is 1. The van der Waals surface area contributed by atoms with Crippen LogP contribution < -0.4 is 5.73 Å². The van der Waals surface area contributed by atoms with E-state index >= 15 is 0 Å². The molecule has 4 rings (SSSR count). The Morgan fingerprint density at radius 2 is 1.09 bits per heavy atom. The normalized spacial score (nSPS) is 21.1. The van der Waals surface area contributed by atoms with Crippen molar-refractivity contribution in [2.24, 2.45) is 17.6 Å². The Bertz CT molecular complexity index is 1020. The molecule has 0 bridgehead atoms. The van der Waals surface area contributed by atoms with E-state index in [-0.39, 0.29) is 24.0 Å². The molecular weight excluding hydrogens is 400 g/mol. The summed E-state index contributed by atoms with van der Waals surface area (Å²) in [6.07, 6.45) is 0. The highest BCUT2D eigenvalue weighted by atomic mass is 16.1. The molecule has 1 aliphatic heterocycles. The molecule has 0 radical (unpaired) electrons. The van der Waals surface area contributed by atoms with Crippen LogP contribution in [-0.4, -0.2) is 42.0 Å². The minimum atomic E-state index is -0.481. The highest BCUT2D eigenvalue weighted by Gasteiger charge is 2.44. The van der Waals surface area contributed by atoms with Gasteiger partial charge in [-0.25, -0.2) is 0 Å². The second-order valence-electron chi connectivity index (χ2n) is 8.27. The minimum Gasteiger partial charge on any atom is -0.369 e. The molecule has 162 valence electrons. The van der Waals surface area contributed by atoms with Crippen molar-refractivity contribution in [3.8, 4) is 0 Å². The summed E-state index contributed by atoms with van der Waals surface area (Å²) in [5.41, 5.74) is 7.64. The molecule has 2 atom stereocenters. The molecule has 0 aromatic heterocycles. The van der Waals surface area contributed by atoms with Gasteiger partial charge < -0.3 is 5.73 Å². The smallest absolute Gasteiger partial charge is 0.231 e. The second-order valence-corrected chi connectivity index (χ2v) is 8.27. The highest BCUT2D eigenvalue weighted by Crippen LogP contribution is 2.40. The van der Waals surface area contributed by atoms with Crippen LogP contribution >= 0.6 is 0 Å². The van der Waals surface area contributed by atoms with Gasteiger partial charge in [-0.15, -0.1) is 0 Å². The number of Topliss-reactive ketones (excluding diaryl/α,β-unsaturated/α-hetero) is 2. The van der Waals surface area contributed by atoms with Crippen molar-refractivity contribution >= 4 is 17.5 Å². The van der Waals surface area contributed by atoms with Gasteiger partial charge in [-0.3, -0.25) is 19.3 Å². The summed E-state index contributed by atoms with van der Waals surface area (Å²) >= 11 is 0. The number of primary amides is 1. The summed E-state index contributed by atoms with van der Waals surface area (Å²) in [7, 11) is 0. The van der Waals surface area contributed by atoms with Gasteiger partial charge in [0, 0.05) is 42.0 Å². The summed E-state index contributed by atoms with van der Waals surface area (Å²) < 4.78 is 0. The Kier molecular flexibility index (Phi) is 6.57. The minimum absolute atomic E-state index is 0.0125. The van der Waals surface area contributed by atoms with Gasteiger partial charge in [0.25, 0.3) is 0 Å². The third-order valence-electron chi connectivity index (χ3n) is 6.13. The molecule has 2 N–H and O–H groups in total. The van der Waals surface area contributed by atoms with Gasteiger partial charge in [0.05, 0.1) is 6.54 Å². The number of likely N-dealkylation sites (tertiary alicyclic amines) is 1. The van der Waals surface area contributed by atoms with Crippen molar-refractivity contribution < 1.29 is 14.4 Å². The van der Waals surface area contributed by atoms with E-state index in [1.807, 2.05) is 71.6 Å². The van der Waals surface area contributed by atoms with E-state index in [1.165, 1.54) is 0 Å². The first kappa shape index (κ1) is 21.7. The Labute approximate surface area is 187 Å². The van der Waals surface area contributed by atoms with Crippen LogP contribution in [0, 0.1) is 11.8 Å². The van der Waals surface area contributed by atoms with Gasteiger partial charge in [-0.05, 0) is 5.56 Å². The zero-order valence-corrected chi connectivity index (χ0v) is 17.8. The van der Waals surface area contributed by atoms with Crippen LogP contribution in [0.3, 0.4) is 0 Å². The number of carbonyl (C=O) groups is 3. The maximum atomic E-state index is 13.7. The van der Waals surface area contributed by atoms with Gasteiger partial charge in [0.1, 0.15) is 0 Å². The van der Waals surface area contributed by atoms with Gasteiger partial charge in [-0.2, -0.15) is 0 Å². The van der Waals surface area contributed by atoms with Gasteiger partial charge >= 0.3 is 0 Å². The van der Waals surface area contributed by atoms with E-state index < -0.39 is 17.7 Å². The van der Waals surface area contributed by atoms with Gasteiger partial charge in [0.2, 0.25) is 5.91 Å². The molecule has 0 aliphatic carbocycles. The molecule has 0 saturated carbocycles. The third kappa shape index (κ3) is 4.68. The summed E-state index contributed by atoms with van der Waals surface area (Å²) in [6.45, 7) is 0.752. The van der Waals surface area contributed by atoms with Gasteiger partial charge in [-0.1, -0.05) is 91.0 Å². The molecule has 2 unspecified atom stereocenters. The van der Waals surface area contributed by atoms with Crippen LogP contribution in [0.2, 0.25) is 0 Å². The number of nitrogens with two attached hydrogens (primary N) is 1. The topological polar surface area (TPSA) is 80.5 Å². The maximum Gasteiger partial charge on any atom is 0.231 e. The standard InChI is InChI=1S/C27H26N2O3/c28-24(30)18-29-16-22(26(31)20-12-6-2-7-13-20)25(19-10-4-1-5-11-19)23(17-29)27(32)21-14-8-3-9-15-21/h1-15,22-23,25H,16-18H2,(H2,28,30). The molecule has 0 spiro atoms. The van der Waals surface area contributed by atoms with Crippen molar-refractivity contribution in [2.75, 3.05) is 19.6 Å². The summed E-state index contributed by atoms with van der Waals surface area (Å²) in [6, 6.07) is 28.0. The zero-order valence-electron chi connectivity index (χ0n) is 17.8. The monoisotopic (exact) mass is 426 g/mol. The molecule has 3 aromatic carbocycles. The lowest BCUT2D eigenvalue weighted by Gasteiger charge is -2.42. The molecule has 1 fully saturated rings. The Hall–Kier alpha value is -3.57. The number of ketones is 2. The molecule has 3 aromatic rings.